The molecule has 0 fully saturated rings. The molecule has 0 unspecified atom stereocenters. The molecular weight excluding hydrogens is 186 g/mol. The fourth-order valence-corrected chi connectivity index (χ4v) is 1.50. The van der Waals surface area contributed by atoms with E-state index in [1.807, 2.05) is 0 Å². The van der Waals surface area contributed by atoms with Gasteiger partial charge < -0.3 is 5.32 Å². The zero-order chi connectivity index (χ0) is 11.4. The first-order valence-corrected chi connectivity index (χ1v) is 6.14. The van der Waals surface area contributed by atoms with Crippen LogP contribution in [0.4, 0.5) is 0 Å². The minimum absolute atomic E-state index is 0.326. The Kier molecular flexibility index (Phi) is 11.0. The summed E-state index contributed by atoms with van der Waals surface area (Å²) in [5, 5.41) is 3.03. The van der Waals surface area contributed by atoms with Gasteiger partial charge in [0.2, 0.25) is 0 Å². The summed E-state index contributed by atoms with van der Waals surface area (Å²) in [5.41, 5.74) is 0. The summed E-state index contributed by atoms with van der Waals surface area (Å²) in [6.45, 7) is 7.03. The van der Waals surface area contributed by atoms with Crippen LogP contribution in [0.3, 0.4) is 0 Å². The van der Waals surface area contributed by atoms with Crippen LogP contribution in [0.2, 0.25) is 0 Å². The van der Waals surface area contributed by atoms with E-state index in [0.717, 1.165) is 19.4 Å². The molecule has 0 spiro atoms. The lowest BCUT2D eigenvalue weighted by Gasteiger charge is -2.02. The first-order chi connectivity index (χ1) is 7.31. The van der Waals surface area contributed by atoms with Gasteiger partial charge in [-0.15, -0.1) is 6.58 Å². The van der Waals surface area contributed by atoms with E-state index in [-0.39, 0.29) is 0 Å². The number of ketones is 1. The molecule has 0 rings (SSSR count). The lowest BCUT2D eigenvalue weighted by Crippen LogP contribution is -2.22. The average molecular weight is 211 g/mol. The number of carbonyl (C=O) groups excluding carboxylic acids is 1. The molecule has 0 heterocycles. The van der Waals surface area contributed by atoms with E-state index in [4.69, 9.17) is 0 Å². The predicted molar refractivity (Wildman–Crippen MR) is 66.1 cm³/mol. The van der Waals surface area contributed by atoms with E-state index in [1.165, 1.54) is 32.1 Å². The molecule has 1 N–H and O–H groups in total. The lowest BCUT2D eigenvalue weighted by molar-refractivity contribution is -0.118. The van der Waals surface area contributed by atoms with Gasteiger partial charge in [-0.1, -0.05) is 45.1 Å². The van der Waals surface area contributed by atoms with Crippen molar-refractivity contribution in [3.63, 3.8) is 0 Å². The summed E-state index contributed by atoms with van der Waals surface area (Å²) in [6, 6.07) is 0. The molecule has 0 aliphatic heterocycles. The van der Waals surface area contributed by atoms with Crippen molar-refractivity contribution in [2.45, 2.75) is 51.9 Å². The lowest BCUT2D eigenvalue weighted by atomic mass is 10.1. The first-order valence-electron chi connectivity index (χ1n) is 6.14. The Labute approximate surface area is 94.1 Å². The number of hydrogen-bond acceptors (Lipinski definition) is 2. The Morgan fingerprint density at radius 2 is 1.87 bits per heavy atom. The van der Waals surface area contributed by atoms with Crippen molar-refractivity contribution in [1.82, 2.24) is 5.32 Å². The Morgan fingerprint density at radius 3 is 2.53 bits per heavy atom. The van der Waals surface area contributed by atoms with Crippen LogP contribution in [0.15, 0.2) is 12.7 Å². The molecule has 0 amide bonds. The van der Waals surface area contributed by atoms with Gasteiger partial charge >= 0.3 is 0 Å². The maximum absolute atomic E-state index is 11.3. The summed E-state index contributed by atoms with van der Waals surface area (Å²) in [4.78, 5) is 11.3. The maximum Gasteiger partial charge on any atom is 0.146 e. The summed E-state index contributed by atoms with van der Waals surface area (Å²) in [7, 11) is 0. The number of carbonyl (C=O) groups is 1. The van der Waals surface area contributed by atoms with Crippen molar-refractivity contribution in [3.8, 4) is 0 Å². The topological polar surface area (TPSA) is 29.1 Å². The van der Waals surface area contributed by atoms with Crippen LogP contribution >= 0.6 is 0 Å². The third kappa shape index (κ3) is 11.3. The molecular formula is C13H25NO. The summed E-state index contributed by atoms with van der Waals surface area (Å²) >= 11 is 0. The van der Waals surface area contributed by atoms with E-state index in [0.29, 0.717) is 12.3 Å². The highest BCUT2D eigenvalue weighted by atomic mass is 16.1. The summed E-state index contributed by atoms with van der Waals surface area (Å²) in [6.07, 6.45) is 9.97. The SMILES string of the molecule is C=CCNCC(=O)CCCCCCCC. The fourth-order valence-electron chi connectivity index (χ4n) is 1.50. The molecule has 0 atom stereocenters. The van der Waals surface area contributed by atoms with E-state index in [9.17, 15) is 4.79 Å². The minimum atomic E-state index is 0.326. The third-order valence-electron chi connectivity index (χ3n) is 2.42. The Hall–Kier alpha value is -0.630. The van der Waals surface area contributed by atoms with E-state index in [1.54, 1.807) is 6.08 Å². The molecule has 0 saturated carbocycles. The zero-order valence-corrected chi connectivity index (χ0v) is 10.1. The number of unbranched alkanes of at least 4 members (excludes halogenated alkanes) is 5. The molecule has 0 aliphatic carbocycles. The molecule has 15 heavy (non-hydrogen) atoms. The van der Waals surface area contributed by atoms with Crippen LogP contribution < -0.4 is 5.32 Å². The highest BCUT2D eigenvalue weighted by molar-refractivity contribution is 5.80. The minimum Gasteiger partial charge on any atom is -0.307 e. The summed E-state index contributed by atoms with van der Waals surface area (Å²) < 4.78 is 0. The second kappa shape index (κ2) is 11.4. The van der Waals surface area contributed by atoms with Gasteiger partial charge in [0.1, 0.15) is 5.78 Å². The number of hydrogen-bond donors (Lipinski definition) is 1. The third-order valence-corrected chi connectivity index (χ3v) is 2.42. The monoisotopic (exact) mass is 211 g/mol. The molecule has 0 aromatic carbocycles. The standard InChI is InChI=1S/C13H25NO/c1-3-5-6-7-8-9-10-13(15)12-14-11-4-2/h4,14H,2-3,5-12H2,1H3. The Bertz CT molecular complexity index is 166. The molecule has 2 heteroatoms. The summed E-state index contributed by atoms with van der Waals surface area (Å²) in [5.74, 6) is 0.326. The first kappa shape index (κ1) is 14.4. The van der Waals surface area contributed by atoms with Gasteiger partial charge in [0, 0.05) is 13.0 Å². The van der Waals surface area contributed by atoms with Crippen LogP contribution in [0.25, 0.3) is 0 Å². The van der Waals surface area contributed by atoms with Crippen LogP contribution in [0.5, 0.6) is 0 Å². The number of Topliss-reactive ketones (excluding diaryl/α,β-unsaturated/α-hetero) is 1. The quantitative estimate of drug-likeness (QED) is 0.420. The molecule has 0 aromatic heterocycles. The van der Waals surface area contributed by atoms with Gasteiger partial charge in [0.25, 0.3) is 0 Å². The molecule has 0 aliphatic rings. The van der Waals surface area contributed by atoms with Crippen molar-refractivity contribution in [2.75, 3.05) is 13.1 Å². The average Bonchev–Trinajstić information content (AvgIpc) is 2.23. The second-order valence-electron chi connectivity index (χ2n) is 3.98. The molecule has 2 nitrogen and oxygen atoms in total. The zero-order valence-electron chi connectivity index (χ0n) is 10.1. The van der Waals surface area contributed by atoms with E-state index >= 15 is 0 Å². The molecule has 88 valence electrons. The Morgan fingerprint density at radius 1 is 1.20 bits per heavy atom. The van der Waals surface area contributed by atoms with Gasteiger partial charge in [0.05, 0.1) is 6.54 Å². The molecule has 0 aromatic rings. The number of nitrogens with one attached hydrogen (secondary N) is 1. The highest BCUT2D eigenvalue weighted by Crippen LogP contribution is 2.06. The van der Waals surface area contributed by atoms with Crippen molar-refractivity contribution < 1.29 is 4.79 Å². The molecule has 0 bridgehead atoms. The second-order valence-corrected chi connectivity index (χ2v) is 3.98. The number of rotatable bonds is 11. The van der Waals surface area contributed by atoms with Crippen LogP contribution in [0.1, 0.15) is 51.9 Å². The smallest absolute Gasteiger partial charge is 0.146 e. The van der Waals surface area contributed by atoms with Gasteiger partial charge in [-0.25, -0.2) is 0 Å². The molecule has 0 saturated heterocycles. The van der Waals surface area contributed by atoms with Crippen molar-refractivity contribution in [1.29, 1.82) is 0 Å². The van der Waals surface area contributed by atoms with Crippen molar-refractivity contribution >= 4 is 5.78 Å². The highest BCUT2D eigenvalue weighted by Gasteiger charge is 1.99. The van der Waals surface area contributed by atoms with Crippen LogP contribution in [0, 0.1) is 0 Å². The predicted octanol–water partition coefficient (Wildman–Crippen LogP) is 3.08. The van der Waals surface area contributed by atoms with E-state index in [2.05, 4.69) is 18.8 Å². The van der Waals surface area contributed by atoms with Gasteiger partial charge in [-0.2, -0.15) is 0 Å². The Balaban J connectivity index is 3.13. The van der Waals surface area contributed by atoms with E-state index < -0.39 is 0 Å². The van der Waals surface area contributed by atoms with Crippen molar-refractivity contribution in [3.05, 3.63) is 12.7 Å². The van der Waals surface area contributed by atoms with Crippen LogP contribution in [-0.4, -0.2) is 18.9 Å². The normalized spacial score (nSPS) is 10.2. The molecule has 0 radical (unpaired) electrons. The van der Waals surface area contributed by atoms with Gasteiger partial charge in [-0.05, 0) is 6.42 Å². The van der Waals surface area contributed by atoms with Gasteiger partial charge in [-0.3, -0.25) is 4.79 Å². The van der Waals surface area contributed by atoms with Crippen molar-refractivity contribution in [2.24, 2.45) is 0 Å². The van der Waals surface area contributed by atoms with Crippen LogP contribution in [-0.2, 0) is 4.79 Å². The maximum atomic E-state index is 11.3. The van der Waals surface area contributed by atoms with Gasteiger partial charge in [0.15, 0.2) is 0 Å². The largest absolute Gasteiger partial charge is 0.307 e. The fraction of sp³-hybridized carbons (Fsp3) is 0.769.